The molecule has 1 aromatic rings. The van der Waals surface area contributed by atoms with Gasteiger partial charge in [-0.2, -0.15) is 0 Å². The largest absolute Gasteiger partial charge is 0.469 e. The number of nitrogens with zero attached hydrogens (tertiary/aromatic N) is 1. The molecule has 0 aliphatic carbocycles. The number of rotatable bonds is 6. The number of benzene rings is 1. The van der Waals surface area contributed by atoms with Crippen LogP contribution in [-0.2, 0) is 20.7 Å². The van der Waals surface area contributed by atoms with E-state index in [2.05, 4.69) is 4.74 Å². The topological polar surface area (TPSA) is 46.6 Å². The molecule has 1 amide bonds. The number of amides is 1. The third-order valence-electron chi connectivity index (χ3n) is 3.10. The normalized spacial score (nSPS) is 11.8. The Morgan fingerprint density at radius 3 is 2.40 bits per heavy atom. The van der Waals surface area contributed by atoms with Crippen LogP contribution in [0.1, 0.15) is 19.4 Å². The molecule has 0 aromatic heterocycles. The van der Waals surface area contributed by atoms with Crippen molar-refractivity contribution in [1.82, 2.24) is 4.90 Å². The molecule has 5 heteroatoms. The second kappa shape index (κ2) is 7.90. The van der Waals surface area contributed by atoms with Crippen molar-refractivity contribution in [3.63, 3.8) is 0 Å². The van der Waals surface area contributed by atoms with Gasteiger partial charge in [0.1, 0.15) is 0 Å². The van der Waals surface area contributed by atoms with Gasteiger partial charge in [-0.3, -0.25) is 9.59 Å². The smallest absolute Gasteiger partial charge is 0.310 e. The number of esters is 1. The highest BCUT2D eigenvalue weighted by Crippen LogP contribution is 2.11. The summed E-state index contributed by atoms with van der Waals surface area (Å²) in [4.78, 5) is 25.3. The van der Waals surface area contributed by atoms with E-state index in [9.17, 15) is 9.59 Å². The summed E-state index contributed by atoms with van der Waals surface area (Å²) in [6.45, 7) is 4.58. The summed E-state index contributed by atoms with van der Waals surface area (Å²) in [7, 11) is 1.35. The van der Waals surface area contributed by atoms with E-state index in [1.165, 1.54) is 7.11 Å². The molecule has 0 heterocycles. The maximum absolute atomic E-state index is 12.2. The van der Waals surface area contributed by atoms with E-state index >= 15 is 0 Å². The molecule has 0 saturated heterocycles. The van der Waals surface area contributed by atoms with Gasteiger partial charge in [0, 0.05) is 18.1 Å². The Kier molecular flexibility index (Phi) is 6.52. The Balaban J connectivity index is 2.63. The summed E-state index contributed by atoms with van der Waals surface area (Å²) < 4.78 is 4.68. The number of carbonyl (C=O) groups excluding carboxylic acids is 2. The first-order valence-corrected chi connectivity index (χ1v) is 6.95. The summed E-state index contributed by atoms with van der Waals surface area (Å²) >= 11 is 5.81. The van der Waals surface area contributed by atoms with Crippen LogP contribution in [0.15, 0.2) is 24.3 Å². The van der Waals surface area contributed by atoms with Crippen molar-refractivity contribution in [3.8, 4) is 0 Å². The molecule has 0 radical (unpaired) electrons. The molecule has 1 rings (SSSR count). The average molecular weight is 298 g/mol. The SMILES string of the molecule is CCN(CC(C)C(=O)OC)C(=O)Cc1ccc(Cl)cc1. The van der Waals surface area contributed by atoms with Gasteiger partial charge in [0.25, 0.3) is 0 Å². The fourth-order valence-corrected chi connectivity index (χ4v) is 2.03. The van der Waals surface area contributed by atoms with Crippen LogP contribution in [0.5, 0.6) is 0 Å². The zero-order valence-corrected chi connectivity index (χ0v) is 12.8. The van der Waals surface area contributed by atoms with Gasteiger partial charge in [-0.1, -0.05) is 30.7 Å². The lowest BCUT2D eigenvalue weighted by Gasteiger charge is -2.23. The van der Waals surface area contributed by atoms with E-state index in [1.54, 1.807) is 24.0 Å². The van der Waals surface area contributed by atoms with Crippen molar-refractivity contribution in [2.75, 3.05) is 20.2 Å². The van der Waals surface area contributed by atoms with Crippen LogP contribution in [0.25, 0.3) is 0 Å². The highest BCUT2D eigenvalue weighted by molar-refractivity contribution is 6.30. The maximum atomic E-state index is 12.2. The van der Waals surface area contributed by atoms with Gasteiger partial charge in [0.2, 0.25) is 5.91 Å². The molecule has 1 aromatic carbocycles. The Bertz CT molecular complexity index is 459. The lowest BCUT2D eigenvalue weighted by Crippen LogP contribution is -2.38. The third kappa shape index (κ3) is 4.85. The molecule has 0 spiro atoms. The van der Waals surface area contributed by atoms with Gasteiger partial charge in [0.15, 0.2) is 0 Å². The van der Waals surface area contributed by atoms with Crippen LogP contribution in [0.2, 0.25) is 5.02 Å². The van der Waals surface area contributed by atoms with Crippen molar-refractivity contribution < 1.29 is 14.3 Å². The summed E-state index contributed by atoms with van der Waals surface area (Å²) in [5.74, 6) is -0.637. The zero-order valence-electron chi connectivity index (χ0n) is 12.1. The molecule has 0 aliphatic rings. The number of hydrogen-bond donors (Lipinski definition) is 0. The second-order valence-corrected chi connectivity index (χ2v) is 5.10. The first kappa shape index (κ1) is 16.5. The predicted octanol–water partition coefficient (Wildman–Crippen LogP) is 2.54. The molecule has 0 fully saturated rings. The Hall–Kier alpha value is -1.55. The third-order valence-corrected chi connectivity index (χ3v) is 3.35. The minimum atomic E-state index is -0.325. The van der Waals surface area contributed by atoms with Crippen LogP contribution >= 0.6 is 11.6 Å². The number of likely N-dealkylation sites (N-methyl/N-ethyl adjacent to an activating group) is 1. The van der Waals surface area contributed by atoms with Crippen LogP contribution in [0, 0.1) is 5.92 Å². The summed E-state index contributed by atoms with van der Waals surface area (Å²) in [5, 5.41) is 0.646. The standard InChI is InChI=1S/C15H20ClNO3/c1-4-17(10-11(2)15(19)20-3)14(18)9-12-5-7-13(16)8-6-12/h5-8,11H,4,9-10H2,1-3H3. The number of carbonyl (C=O) groups is 2. The van der Waals surface area contributed by atoms with Crippen molar-refractivity contribution in [3.05, 3.63) is 34.9 Å². The van der Waals surface area contributed by atoms with Crippen molar-refractivity contribution in [1.29, 1.82) is 0 Å². The van der Waals surface area contributed by atoms with Gasteiger partial charge in [0.05, 0.1) is 19.4 Å². The first-order chi connectivity index (χ1) is 9.47. The van der Waals surface area contributed by atoms with Crippen molar-refractivity contribution in [2.24, 2.45) is 5.92 Å². The molecule has 4 nitrogen and oxygen atoms in total. The molecular formula is C15H20ClNO3. The summed E-state index contributed by atoms with van der Waals surface area (Å²) in [6.07, 6.45) is 0.304. The highest BCUT2D eigenvalue weighted by atomic mass is 35.5. The lowest BCUT2D eigenvalue weighted by molar-refractivity contribution is -0.146. The van der Waals surface area contributed by atoms with Crippen LogP contribution in [0.4, 0.5) is 0 Å². The zero-order chi connectivity index (χ0) is 15.1. The van der Waals surface area contributed by atoms with E-state index in [0.717, 1.165) is 5.56 Å². The van der Waals surface area contributed by atoms with Crippen LogP contribution in [-0.4, -0.2) is 37.0 Å². The molecule has 0 aliphatic heterocycles. The van der Waals surface area contributed by atoms with E-state index < -0.39 is 0 Å². The summed E-state index contributed by atoms with van der Waals surface area (Å²) in [6, 6.07) is 7.19. The monoisotopic (exact) mass is 297 g/mol. The molecule has 1 unspecified atom stereocenters. The van der Waals surface area contributed by atoms with Crippen LogP contribution < -0.4 is 0 Å². The lowest BCUT2D eigenvalue weighted by atomic mass is 10.1. The Labute approximate surface area is 124 Å². The predicted molar refractivity (Wildman–Crippen MR) is 78.6 cm³/mol. The van der Waals surface area contributed by atoms with Gasteiger partial charge in [-0.25, -0.2) is 0 Å². The minimum Gasteiger partial charge on any atom is -0.469 e. The maximum Gasteiger partial charge on any atom is 0.310 e. The average Bonchev–Trinajstić information content (AvgIpc) is 2.45. The molecule has 1 atom stereocenters. The fraction of sp³-hybridized carbons (Fsp3) is 0.467. The highest BCUT2D eigenvalue weighted by Gasteiger charge is 2.20. The van der Waals surface area contributed by atoms with Crippen LogP contribution in [0.3, 0.4) is 0 Å². The van der Waals surface area contributed by atoms with E-state index in [-0.39, 0.29) is 17.8 Å². The number of ether oxygens (including phenoxy) is 1. The first-order valence-electron chi connectivity index (χ1n) is 6.58. The van der Waals surface area contributed by atoms with Gasteiger partial charge in [-0.05, 0) is 24.6 Å². The van der Waals surface area contributed by atoms with Gasteiger partial charge < -0.3 is 9.64 Å². The fourth-order valence-electron chi connectivity index (χ4n) is 1.90. The molecular weight excluding hydrogens is 278 g/mol. The van der Waals surface area contributed by atoms with Gasteiger partial charge in [-0.15, -0.1) is 0 Å². The Morgan fingerprint density at radius 1 is 1.30 bits per heavy atom. The van der Waals surface area contributed by atoms with E-state index in [4.69, 9.17) is 11.6 Å². The molecule has 0 saturated carbocycles. The molecule has 0 N–H and O–H groups in total. The number of methoxy groups -OCH3 is 1. The van der Waals surface area contributed by atoms with E-state index in [1.807, 2.05) is 19.1 Å². The number of halogens is 1. The summed E-state index contributed by atoms with van der Waals surface area (Å²) in [5.41, 5.74) is 0.906. The molecule has 0 bridgehead atoms. The molecule has 20 heavy (non-hydrogen) atoms. The molecule has 110 valence electrons. The minimum absolute atomic E-state index is 0.00873. The van der Waals surface area contributed by atoms with E-state index in [0.29, 0.717) is 24.5 Å². The Morgan fingerprint density at radius 2 is 1.90 bits per heavy atom. The van der Waals surface area contributed by atoms with Gasteiger partial charge >= 0.3 is 5.97 Å². The quantitative estimate of drug-likeness (QED) is 0.758. The van der Waals surface area contributed by atoms with Crippen molar-refractivity contribution in [2.45, 2.75) is 20.3 Å². The second-order valence-electron chi connectivity index (χ2n) is 4.66. The van der Waals surface area contributed by atoms with Crippen molar-refractivity contribution >= 4 is 23.5 Å². The number of hydrogen-bond acceptors (Lipinski definition) is 3.